The molecule has 0 fully saturated rings. The number of nitrogens with two attached hydrogens (primary N) is 1. The van der Waals surface area contributed by atoms with Crippen molar-refractivity contribution in [1.82, 2.24) is 15.2 Å². The van der Waals surface area contributed by atoms with Gasteiger partial charge in [-0.2, -0.15) is 5.10 Å². The zero-order valence-electron chi connectivity index (χ0n) is 13.9. The van der Waals surface area contributed by atoms with E-state index in [9.17, 15) is 0 Å². The van der Waals surface area contributed by atoms with Crippen LogP contribution in [0.1, 0.15) is 52.4 Å². The second-order valence-electron chi connectivity index (χ2n) is 5.40. The molecule has 6 heteroatoms. The van der Waals surface area contributed by atoms with Crippen LogP contribution in [0.3, 0.4) is 0 Å². The third kappa shape index (κ3) is 4.06. The van der Waals surface area contributed by atoms with Crippen molar-refractivity contribution < 1.29 is 4.74 Å². The molecule has 0 amide bonds. The number of hydrazine groups is 1. The molecule has 1 aromatic rings. The van der Waals surface area contributed by atoms with Crippen LogP contribution in [0.2, 0.25) is 0 Å². The monoisotopic (exact) mass is 360 g/mol. The minimum absolute atomic E-state index is 0.0328. The van der Waals surface area contributed by atoms with Crippen LogP contribution in [0.15, 0.2) is 4.47 Å². The molecule has 5 nitrogen and oxygen atoms in total. The van der Waals surface area contributed by atoms with Crippen molar-refractivity contribution in [3.05, 3.63) is 15.9 Å². The van der Waals surface area contributed by atoms with Crippen molar-refractivity contribution in [1.29, 1.82) is 0 Å². The summed E-state index contributed by atoms with van der Waals surface area (Å²) >= 11 is 3.70. The lowest BCUT2D eigenvalue weighted by molar-refractivity contribution is -0.0554. The zero-order chi connectivity index (χ0) is 16.0. The molecule has 0 radical (unpaired) electrons. The SMILES string of the molecule is CCOC(C)(CC)C(Cc1c(Br)c(CC)nn1CC)NN. The summed E-state index contributed by atoms with van der Waals surface area (Å²) in [7, 11) is 0. The lowest BCUT2D eigenvalue weighted by Gasteiger charge is -2.36. The van der Waals surface area contributed by atoms with Crippen molar-refractivity contribution in [2.24, 2.45) is 5.84 Å². The standard InChI is InChI=1S/C15H29BrN4O/c1-6-11-14(16)12(20(8-3)19-11)10-13(18-17)15(5,7-2)21-9-4/h13,18H,6-10,17H2,1-5H3. The second kappa shape index (κ2) is 8.27. The van der Waals surface area contributed by atoms with Gasteiger partial charge in [0.2, 0.25) is 0 Å². The van der Waals surface area contributed by atoms with E-state index in [1.807, 2.05) is 6.92 Å². The predicted molar refractivity (Wildman–Crippen MR) is 90.1 cm³/mol. The summed E-state index contributed by atoms with van der Waals surface area (Å²) in [5.74, 6) is 5.82. The van der Waals surface area contributed by atoms with E-state index in [-0.39, 0.29) is 11.6 Å². The number of nitrogens with one attached hydrogen (secondary N) is 1. The topological polar surface area (TPSA) is 65.1 Å². The Balaban J connectivity index is 3.08. The van der Waals surface area contributed by atoms with Gasteiger partial charge >= 0.3 is 0 Å². The molecule has 1 rings (SSSR count). The third-order valence-corrected chi connectivity index (χ3v) is 5.12. The van der Waals surface area contributed by atoms with E-state index in [4.69, 9.17) is 10.6 Å². The molecule has 122 valence electrons. The van der Waals surface area contributed by atoms with Gasteiger partial charge in [0.15, 0.2) is 0 Å². The first-order valence-electron chi connectivity index (χ1n) is 7.81. The molecule has 0 aliphatic carbocycles. The average Bonchev–Trinajstić information content (AvgIpc) is 2.80. The molecule has 2 atom stereocenters. The number of rotatable bonds is 9. The quantitative estimate of drug-likeness (QED) is 0.524. The molecule has 0 aromatic carbocycles. The Kier molecular flexibility index (Phi) is 7.33. The molecule has 1 aromatic heterocycles. The van der Waals surface area contributed by atoms with E-state index in [0.29, 0.717) is 6.61 Å². The van der Waals surface area contributed by atoms with Crippen LogP contribution in [-0.2, 0) is 24.1 Å². The highest BCUT2D eigenvalue weighted by molar-refractivity contribution is 9.10. The molecule has 2 unspecified atom stereocenters. The predicted octanol–water partition coefficient (Wildman–Crippen LogP) is 2.81. The zero-order valence-corrected chi connectivity index (χ0v) is 15.5. The Labute approximate surface area is 136 Å². The number of aromatic nitrogens is 2. The summed E-state index contributed by atoms with van der Waals surface area (Å²) in [4.78, 5) is 0. The normalized spacial score (nSPS) is 16.0. The summed E-state index contributed by atoms with van der Waals surface area (Å²) in [6.07, 6.45) is 2.59. The van der Waals surface area contributed by atoms with Gasteiger partial charge in [-0.15, -0.1) is 0 Å². The van der Waals surface area contributed by atoms with Gasteiger partial charge in [0.05, 0.1) is 27.5 Å². The van der Waals surface area contributed by atoms with Crippen molar-refractivity contribution in [2.45, 2.75) is 72.1 Å². The molecular formula is C15H29BrN4O. The Morgan fingerprint density at radius 2 is 2.05 bits per heavy atom. The highest BCUT2D eigenvalue weighted by Gasteiger charge is 2.34. The van der Waals surface area contributed by atoms with E-state index in [2.05, 4.69) is 58.8 Å². The van der Waals surface area contributed by atoms with Gasteiger partial charge < -0.3 is 4.74 Å². The highest BCUT2D eigenvalue weighted by atomic mass is 79.9. The van der Waals surface area contributed by atoms with Crippen molar-refractivity contribution in [2.75, 3.05) is 6.61 Å². The fourth-order valence-electron chi connectivity index (χ4n) is 2.64. The minimum atomic E-state index is -0.293. The molecule has 0 saturated heterocycles. The van der Waals surface area contributed by atoms with Crippen LogP contribution in [0.25, 0.3) is 0 Å². The summed E-state index contributed by atoms with van der Waals surface area (Å²) in [5, 5.41) is 4.65. The second-order valence-corrected chi connectivity index (χ2v) is 6.19. The largest absolute Gasteiger partial charge is 0.374 e. The fourth-order valence-corrected chi connectivity index (χ4v) is 3.36. The molecule has 3 N–H and O–H groups in total. The first-order chi connectivity index (χ1) is 9.97. The van der Waals surface area contributed by atoms with Gasteiger partial charge in [0.1, 0.15) is 0 Å². The van der Waals surface area contributed by atoms with E-state index < -0.39 is 0 Å². The first kappa shape index (κ1) is 18.6. The number of halogens is 1. The van der Waals surface area contributed by atoms with Gasteiger partial charge in [-0.05, 0) is 49.5 Å². The molecule has 0 saturated carbocycles. The van der Waals surface area contributed by atoms with Crippen LogP contribution in [0, 0.1) is 0 Å². The molecule has 0 aliphatic rings. The lowest BCUT2D eigenvalue weighted by Crippen LogP contribution is -2.54. The number of hydrogen-bond acceptors (Lipinski definition) is 4. The van der Waals surface area contributed by atoms with Crippen LogP contribution >= 0.6 is 15.9 Å². The Morgan fingerprint density at radius 1 is 1.38 bits per heavy atom. The Bertz CT molecular complexity index is 449. The van der Waals surface area contributed by atoms with Gasteiger partial charge in [-0.3, -0.25) is 16.0 Å². The summed E-state index contributed by atoms with van der Waals surface area (Å²) in [5.41, 5.74) is 4.92. The number of ether oxygens (including phenoxy) is 1. The van der Waals surface area contributed by atoms with E-state index in [0.717, 1.165) is 36.0 Å². The Morgan fingerprint density at radius 3 is 2.48 bits per heavy atom. The van der Waals surface area contributed by atoms with Crippen molar-refractivity contribution in [3.63, 3.8) is 0 Å². The Hall–Kier alpha value is -0.430. The summed E-state index contributed by atoms with van der Waals surface area (Å²) < 4.78 is 9.11. The van der Waals surface area contributed by atoms with E-state index in [1.165, 1.54) is 5.69 Å². The van der Waals surface area contributed by atoms with Gasteiger partial charge in [-0.1, -0.05) is 13.8 Å². The molecule has 21 heavy (non-hydrogen) atoms. The van der Waals surface area contributed by atoms with Crippen LogP contribution in [0.4, 0.5) is 0 Å². The summed E-state index contributed by atoms with van der Waals surface area (Å²) in [6, 6.07) is 0.0328. The first-order valence-corrected chi connectivity index (χ1v) is 8.60. The minimum Gasteiger partial charge on any atom is -0.374 e. The number of aryl methyl sites for hydroxylation is 2. The van der Waals surface area contributed by atoms with Gasteiger partial charge in [-0.25, -0.2) is 0 Å². The van der Waals surface area contributed by atoms with E-state index in [1.54, 1.807) is 0 Å². The lowest BCUT2D eigenvalue weighted by atomic mass is 9.90. The number of nitrogens with zero attached hydrogens (tertiary/aromatic N) is 2. The van der Waals surface area contributed by atoms with Crippen LogP contribution in [-0.4, -0.2) is 28.0 Å². The maximum atomic E-state index is 5.96. The highest BCUT2D eigenvalue weighted by Crippen LogP contribution is 2.28. The molecule has 0 aliphatic heterocycles. The van der Waals surface area contributed by atoms with Gasteiger partial charge in [0.25, 0.3) is 0 Å². The van der Waals surface area contributed by atoms with Crippen molar-refractivity contribution >= 4 is 15.9 Å². The van der Waals surface area contributed by atoms with Crippen LogP contribution in [0.5, 0.6) is 0 Å². The fraction of sp³-hybridized carbons (Fsp3) is 0.800. The maximum Gasteiger partial charge on any atom is 0.0821 e. The average molecular weight is 361 g/mol. The van der Waals surface area contributed by atoms with Crippen molar-refractivity contribution in [3.8, 4) is 0 Å². The third-order valence-electron chi connectivity index (χ3n) is 4.21. The van der Waals surface area contributed by atoms with Gasteiger partial charge in [0, 0.05) is 19.6 Å². The van der Waals surface area contributed by atoms with E-state index >= 15 is 0 Å². The van der Waals surface area contributed by atoms with Crippen LogP contribution < -0.4 is 11.3 Å². The molecule has 1 heterocycles. The summed E-state index contributed by atoms with van der Waals surface area (Å²) in [6.45, 7) is 12.0. The number of hydrogen-bond donors (Lipinski definition) is 2. The molecular weight excluding hydrogens is 332 g/mol. The molecule has 0 spiro atoms. The smallest absolute Gasteiger partial charge is 0.0821 e. The molecule has 0 bridgehead atoms. The maximum absolute atomic E-state index is 5.96.